The lowest BCUT2D eigenvalue weighted by atomic mass is 9.73. The van der Waals surface area contributed by atoms with Crippen LogP contribution in [0.3, 0.4) is 0 Å². The van der Waals surface area contributed by atoms with E-state index in [2.05, 4.69) is 56.1 Å². The molecule has 3 aliphatic heterocycles. The van der Waals surface area contributed by atoms with E-state index in [0.29, 0.717) is 90.7 Å². The van der Waals surface area contributed by atoms with E-state index in [9.17, 15) is 67.9 Å². The molecule has 29 heteroatoms. The van der Waals surface area contributed by atoms with Gasteiger partial charge in [-0.1, -0.05) is 101 Å². The van der Waals surface area contributed by atoms with Crippen LogP contribution in [0.25, 0.3) is 10.4 Å². The summed E-state index contributed by atoms with van der Waals surface area (Å²) in [5.74, 6) is -2.17. The van der Waals surface area contributed by atoms with Gasteiger partial charge in [0.15, 0.2) is 0 Å². The number of halogens is 5. The summed E-state index contributed by atoms with van der Waals surface area (Å²) in [6.07, 6.45) is 2.22. The van der Waals surface area contributed by atoms with E-state index in [1.807, 2.05) is 87.0 Å². The van der Waals surface area contributed by atoms with Crippen molar-refractivity contribution in [3.8, 4) is 10.4 Å². The molecule has 566 valence electrons. The number of aliphatic hydroxyl groups is 1. The summed E-state index contributed by atoms with van der Waals surface area (Å²) in [5, 5.41) is 19.5. The monoisotopic (exact) mass is 1520 g/mol. The maximum atomic E-state index is 14.6. The number of unbranched alkanes of at least 4 members (excludes halogenated alkanes) is 2. The second kappa shape index (κ2) is 35.4. The molecule has 5 amide bonds. The molecule has 1 unspecified atom stereocenters. The number of carbonyl (C=O) groups excluding carboxylic acids is 5. The predicted octanol–water partition coefficient (Wildman–Crippen LogP) is 11.6. The number of allylic oxidation sites excluding steroid dienone is 2. The van der Waals surface area contributed by atoms with Crippen LogP contribution in [0.2, 0.25) is 0 Å². The Morgan fingerprint density at radius 3 is 2.13 bits per heavy atom. The smallest absolute Gasteiger partial charge is 0.391 e. The van der Waals surface area contributed by atoms with E-state index < -0.39 is 94.6 Å². The van der Waals surface area contributed by atoms with E-state index in [-0.39, 0.29) is 79.3 Å². The lowest BCUT2D eigenvalue weighted by Crippen LogP contribution is -2.57. The molecule has 0 saturated carbocycles. The molecule has 3 fully saturated rings. The summed E-state index contributed by atoms with van der Waals surface area (Å²) < 4.78 is 127. The van der Waals surface area contributed by atoms with Crippen molar-refractivity contribution < 1.29 is 67.9 Å². The molecule has 1 aromatic heterocycles. The van der Waals surface area contributed by atoms with E-state index in [0.717, 1.165) is 70.2 Å². The van der Waals surface area contributed by atoms with Gasteiger partial charge in [0.05, 0.1) is 32.8 Å². The number of rotatable bonds is 31. The van der Waals surface area contributed by atoms with Crippen molar-refractivity contribution in [2.24, 2.45) is 10.8 Å². The number of hydrogen-bond acceptors (Lipinski definition) is 17. The highest BCUT2D eigenvalue weighted by atomic mass is 32.2. The van der Waals surface area contributed by atoms with Crippen molar-refractivity contribution in [3.63, 3.8) is 0 Å². The molecule has 0 radical (unpaired) electrons. The third-order valence-electron chi connectivity index (χ3n) is 19.8. The second-order valence-electron chi connectivity index (χ2n) is 29.3. The molecule has 20 nitrogen and oxygen atoms in total. The SMILES string of the molecule is C=C(CCC1=C(CN2CCN(c3ccc(C(=O)NS(=O)(=O)c4ccc(N[C@H](CCN5CCN(C(=O)CCCCCC(=O)NC(C(=O)N6C[C@H](O)C[C@H]6C(=O)NCc6ccc(-c7scnc7C)cc6)C(C)(C)C)CC5)CSc5ccccc5)c(S(=O)(=O)C(F)(F)F)c4)cc3)CC2)CCC(C)(C)C1)C(F)F. The summed E-state index contributed by atoms with van der Waals surface area (Å²) in [7, 11) is -11.2. The quantitative estimate of drug-likeness (QED) is 0.0120. The third-order valence-corrected chi connectivity index (χ3v) is 24.8. The molecule has 4 aromatic carbocycles. The molecule has 5 N–H and O–H groups in total. The van der Waals surface area contributed by atoms with E-state index in [4.69, 9.17) is 0 Å². The first kappa shape index (κ1) is 80.8. The molecule has 104 heavy (non-hydrogen) atoms. The van der Waals surface area contributed by atoms with Gasteiger partial charge < -0.3 is 35.8 Å². The Morgan fingerprint density at radius 1 is 0.817 bits per heavy atom. The Labute approximate surface area is 616 Å². The number of alkyl halides is 5. The molecule has 0 bridgehead atoms. The lowest BCUT2D eigenvalue weighted by molar-refractivity contribution is -0.144. The first-order valence-corrected chi connectivity index (χ1v) is 40.2. The number of carbonyl (C=O) groups is 5. The number of hydrogen-bond donors (Lipinski definition) is 5. The Hall–Kier alpha value is -7.28. The van der Waals surface area contributed by atoms with E-state index >= 15 is 0 Å². The van der Waals surface area contributed by atoms with Gasteiger partial charge in [-0.25, -0.2) is 35.3 Å². The number of aromatic nitrogens is 1. The molecule has 9 rings (SSSR count). The van der Waals surface area contributed by atoms with Gasteiger partial charge in [-0.2, -0.15) is 13.2 Å². The van der Waals surface area contributed by atoms with Crippen molar-refractivity contribution >= 4 is 83.9 Å². The molecule has 0 spiro atoms. The van der Waals surface area contributed by atoms with Crippen molar-refractivity contribution in [3.05, 3.63) is 143 Å². The molecular weight excluding hydrogens is 1420 g/mol. The molecular formula is C75H97F5N10O10S4. The Kier molecular flexibility index (Phi) is 27.5. The number of amides is 5. The molecule has 5 aromatic rings. The molecule has 4 heterocycles. The predicted molar refractivity (Wildman–Crippen MR) is 395 cm³/mol. The summed E-state index contributed by atoms with van der Waals surface area (Å²) in [4.78, 5) is 81.9. The van der Waals surface area contributed by atoms with Gasteiger partial charge in [0.1, 0.15) is 17.0 Å². The number of benzene rings is 4. The highest BCUT2D eigenvalue weighted by Gasteiger charge is 2.49. The first-order chi connectivity index (χ1) is 49.1. The minimum atomic E-state index is -6.20. The highest BCUT2D eigenvalue weighted by molar-refractivity contribution is 7.99. The number of thiazole rings is 1. The van der Waals surface area contributed by atoms with Crippen molar-refractivity contribution in [1.82, 2.24) is 39.9 Å². The molecule has 4 atom stereocenters. The van der Waals surface area contributed by atoms with Crippen LogP contribution in [0, 0.1) is 17.8 Å². The van der Waals surface area contributed by atoms with Crippen molar-refractivity contribution in [2.45, 2.75) is 176 Å². The molecule has 1 aliphatic carbocycles. The average Bonchev–Trinajstić information content (AvgIpc) is 0.874. The largest absolute Gasteiger partial charge is 0.501 e. The molecule has 4 aliphatic rings. The summed E-state index contributed by atoms with van der Waals surface area (Å²) >= 11 is 2.92. The third kappa shape index (κ3) is 21.9. The number of aryl methyl sites for hydroxylation is 1. The molecule has 3 saturated heterocycles. The Balaban J connectivity index is 0.740. The standard InChI is InChI=1S/C75H97F5N10O10S4/c1-50(69(76)77)18-21-55-44-74(6,7)32-30-56(55)46-87-36-38-88(39-37-87)58-26-24-54(25-27-58)70(94)85-104(99,100)61-28-29-62(64(43-61)103(97,98)75(78,79)80)83-57(48-101-60-14-10-8-11-15-60)31-33-86-34-40-89(41-35-86)66(93)17-13-9-12-16-65(92)84-68(73(3,4)5)72(96)90-47-59(91)42-63(90)71(95)81-45-52-19-22-53(23-20-52)67-51(2)82-49-102-67/h8,10-11,14-15,19-20,22-29,43,49,57,59,63,68-69,83,91H,1,9,12-13,16-18,21,30-42,44-48H2,2-7H3,(H,81,95)(H,84,92)(H,85,94)/t57-,59-,63+,68?/m1/s1. The van der Waals surface area contributed by atoms with Gasteiger partial charge in [0.25, 0.3) is 32.2 Å². The van der Waals surface area contributed by atoms with Crippen LogP contribution in [-0.4, -0.2) is 190 Å². The first-order valence-electron chi connectivity index (χ1n) is 35.4. The van der Waals surface area contributed by atoms with Crippen LogP contribution < -0.4 is 25.6 Å². The number of likely N-dealkylation sites (tertiary alicyclic amines) is 1. The fraction of sp³-hybridized carbons (Fsp3) is 0.520. The number of sulfonamides is 1. The normalized spacial score (nSPS) is 18.5. The maximum absolute atomic E-state index is 14.6. The minimum Gasteiger partial charge on any atom is -0.391 e. The van der Waals surface area contributed by atoms with Crippen LogP contribution in [0.1, 0.15) is 133 Å². The zero-order chi connectivity index (χ0) is 75.3. The Bertz CT molecular complexity index is 4080. The number of sulfone groups is 1. The van der Waals surface area contributed by atoms with Crippen LogP contribution >= 0.6 is 23.1 Å². The van der Waals surface area contributed by atoms with Gasteiger partial charge >= 0.3 is 5.51 Å². The number of β-amino-alcohol motifs (C(OH)–C–C–N with tert-alkyl or cyclic N) is 1. The fourth-order valence-corrected chi connectivity index (χ4v) is 17.4. The van der Waals surface area contributed by atoms with Gasteiger partial charge in [-0.3, -0.25) is 33.8 Å². The van der Waals surface area contributed by atoms with Crippen molar-refractivity contribution in [2.75, 3.05) is 88.0 Å². The van der Waals surface area contributed by atoms with Crippen LogP contribution in [0.15, 0.2) is 141 Å². The lowest BCUT2D eigenvalue weighted by Gasteiger charge is -2.39. The zero-order valence-electron chi connectivity index (χ0n) is 59.9. The average molecular weight is 1520 g/mol. The second-order valence-corrected chi connectivity index (χ2v) is 34.9. The topological polar surface area (TPSA) is 251 Å². The Morgan fingerprint density at radius 2 is 1.49 bits per heavy atom. The number of anilines is 2. The number of nitrogens with zero attached hydrogens (tertiary/aromatic N) is 6. The van der Waals surface area contributed by atoms with E-state index in [1.54, 1.807) is 33.9 Å². The number of aliphatic hydroxyl groups excluding tert-OH is 1. The number of thioether (sulfide) groups is 1. The summed E-state index contributed by atoms with van der Waals surface area (Å²) in [6, 6.07) is 22.8. The van der Waals surface area contributed by atoms with Crippen LogP contribution in [-0.2, 0) is 45.6 Å². The fourth-order valence-electron chi connectivity index (χ4n) is 13.6. The highest BCUT2D eigenvalue weighted by Crippen LogP contribution is 2.42. The minimum absolute atomic E-state index is 0.0498. The summed E-state index contributed by atoms with van der Waals surface area (Å²) in [5.41, 5.74) is 0.728. The zero-order valence-corrected chi connectivity index (χ0v) is 63.2. The van der Waals surface area contributed by atoms with Crippen LogP contribution in [0.4, 0.5) is 33.3 Å². The summed E-state index contributed by atoms with van der Waals surface area (Å²) in [6.45, 7) is 21.0. The van der Waals surface area contributed by atoms with Gasteiger partial charge in [0, 0.05) is 126 Å². The van der Waals surface area contributed by atoms with Crippen molar-refractivity contribution in [1.29, 1.82) is 0 Å². The number of nitrogens with one attached hydrogen (secondary N) is 4. The van der Waals surface area contributed by atoms with E-state index in [1.165, 1.54) is 39.9 Å². The van der Waals surface area contributed by atoms with Crippen LogP contribution in [0.5, 0.6) is 0 Å². The van der Waals surface area contributed by atoms with Gasteiger partial charge in [-0.15, -0.1) is 23.1 Å². The number of piperazine rings is 2. The van der Waals surface area contributed by atoms with Gasteiger partial charge in [0.2, 0.25) is 23.6 Å². The van der Waals surface area contributed by atoms with Gasteiger partial charge in [-0.05, 0) is 140 Å². The maximum Gasteiger partial charge on any atom is 0.501 e.